The molecule has 0 amide bonds. The van der Waals surface area contributed by atoms with Crippen LogP contribution in [0.2, 0.25) is 0 Å². The zero-order valence-corrected chi connectivity index (χ0v) is 16.6. The Morgan fingerprint density at radius 1 is 1.04 bits per heavy atom. The Labute approximate surface area is 157 Å². The summed E-state index contributed by atoms with van der Waals surface area (Å²) < 4.78 is 59.3. The van der Waals surface area contributed by atoms with Crippen LogP contribution in [-0.4, -0.2) is 47.4 Å². The second-order valence-electron chi connectivity index (χ2n) is 5.85. The van der Waals surface area contributed by atoms with Crippen LogP contribution in [0.15, 0.2) is 51.6 Å². The fourth-order valence-corrected chi connectivity index (χ4v) is 6.06. The Morgan fingerprint density at radius 2 is 1.65 bits per heavy atom. The highest BCUT2D eigenvalue weighted by atomic mass is 32.2. The minimum absolute atomic E-state index is 0.0295. The van der Waals surface area contributed by atoms with Gasteiger partial charge in [-0.05, 0) is 42.6 Å². The first-order valence-corrected chi connectivity index (χ1v) is 11.8. The number of nitrogens with one attached hydrogen (secondary N) is 1. The molecular weight excluding hydrogens is 396 g/mol. The monoisotopic (exact) mass is 416 g/mol. The molecule has 0 saturated carbocycles. The van der Waals surface area contributed by atoms with E-state index in [0.717, 1.165) is 4.88 Å². The molecule has 1 aromatic heterocycles. The average Bonchev–Trinajstić information content (AvgIpc) is 3.17. The minimum Gasteiger partial charge on any atom is -0.379 e. The Kier molecular flexibility index (Phi) is 5.80. The van der Waals surface area contributed by atoms with Crippen LogP contribution in [0.25, 0.3) is 0 Å². The Morgan fingerprint density at radius 3 is 2.23 bits per heavy atom. The molecule has 2 heterocycles. The maximum atomic E-state index is 12.6. The van der Waals surface area contributed by atoms with E-state index in [-0.39, 0.29) is 15.8 Å². The summed E-state index contributed by atoms with van der Waals surface area (Å²) in [7, 11) is -7.39. The predicted molar refractivity (Wildman–Crippen MR) is 99.1 cm³/mol. The van der Waals surface area contributed by atoms with Gasteiger partial charge in [-0.25, -0.2) is 21.6 Å². The number of hydrogen-bond donors (Lipinski definition) is 1. The molecule has 1 aliphatic heterocycles. The summed E-state index contributed by atoms with van der Waals surface area (Å²) in [5.74, 6) is 0. The van der Waals surface area contributed by atoms with Gasteiger partial charge in [-0.2, -0.15) is 4.31 Å². The molecule has 1 saturated heterocycles. The standard InChI is InChI=1S/C16H20N2O5S3/c1-13(16-3-2-12-24-16)17-25(19,20)14-4-6-15(7-5-14)26(21,22)18-8-10-23-11-9-18/h2-7,12-13,17H,8-11H2,1H3. The van der Waals surface area contributed by atoms with Crippen molar-refractivity contribution in [1.29, 1.82) is 0 Å². The molecule has 2 aromatic rings. The van der Waals surface area contributed by atoms with Gasteiger partial charge in [0.1, 0.15) is 0 Å². The molecule has 1 aliphatic rings. The molecule has 7 nitrogen and oxygen atoms in total. The van der Waals surface area contributed by atoms with Crippen LogP contribution in [-0.2, 0) is 24.8 Å². The van der Waals surface area contributed by atoms with E-state index >= 15 is 0 Å². The number of ether oxygens (including phenoxy) is 1. The number of rotatable bonds is 6. The highest BCUT2D eigenvalue weighted by molar-refractivity contribution is 7.89. The Bertz CT molecular complexity index is 932. The van der Waals surface area contributed by atoms with Crippen molar-refractivity contribution in [2.24, 2.45) is 0 Å². The SMILES string of the molecule is CC(NS(=O)(=O)c1ccc(S(=O)(=O)N2CCOCC2)cc1)c1cccs1. The summed E-state index contributed by atoms with van der Waals surface area (Å²) in [6.45, 7) is 3.07. The van der Waals surface area contributed by atoms with Crippen molar-refractivity contribution in [3.8, 4) is 0 Å². The summed E-state index contributed by atoms with van der Waals surface area (Å²) in [5.41, 5.74) is 0. The normalized spacial score (nSPS) is 17.9. The summed E-state index contributed by atoms with van der Waals surface area (Å²) in [6.07, 6.45) is 0. The van der Waals surface area contributed by atoms with Crippen LogP contribution < -0.4 is 4.72 Å². The number of thiophene rings is 1. The second kappa shape index (κ2) is 7.75. The van der Waals surface area contributed by atoms with E-state index in [1.54, 1.807) is 6.92 Å². The molecule has 0 aliphatic carbocycles. The lowest BCUT2D eigenvalue weighted by Crippen LogP contribution is -2.40. The molecule has 26 heavy (non-hydrogen) atoms. The molecule has 0 spiro atoms. The first-order chi connectivity index (χ1) is 12.3. The molecule has 10 heteroatoms. The molecule has 3 rings (SSSR count). The fraction of sp³-hybridized carbons (Fsp3) is 0.375. The first kappa shape index (κ1) is 19.5. The highest BCUT2D eigenvalue weighted by Crippen LogP contribution is 2.23. The van der Waals surface area contributed by atoms with Crippen LogP contribution in [0.5, 0.6) is 0 Å². The lowest BCUT2D eigenvalue weighted by atomic mass is 10.3. The lowest BCUT2D eigenvalue weighted by molar-refractivity contribution is 0.0730. The van der Waals surface area contributed by atoms with E-state index in [1.165, 1.54) is 39.9 Å². The van der Waals surface area contributed by atoms with Gasteiger partial charge >= 0.3 is 0 Å². The van der Waals surface area contributed by atoms with E-state index in [2.05, 4.69) is 4.72 Å². The molecule has 0 bridgehead atoms. The predicted octanol–water partition coefficient (Wildman–Crippen LogP) is 1.81. The molecule has 1 fully saturated rings. The zero-order chi connectivity index (χ0) is 18.8. The van der Waals surface area contributed by atoms with Crippen LogP contribution in [0.3, 0.4) is 0 Å². The number of hydrogen-bond acceptors (Lipinski definition) is 6. The van der Waals surface area contributed by atoms with Gasteiger partial charge in [-0.1, -0.05) is 6.07 Å². The first-order valence-electron chi connectivity index (χ1n) is 8.04. The molecule has 142 valence electrons. The van der Waals surface area contributed by atoms with Gasteiger partial charge in [0, 0.05) is 18.0 Å². The van der Waals surface area contributed by atoms with E-state index in [9.17, 15) is 16.8 Å². The zero-order valence-electron chi connectivity index (χ0n) is 14.2. The van der Waals surface area contributed by atoms with Gasteiger partial charge in [-0.3, -0.25) is 0 Å². The minimum atomic E-state index is -3.74. The van der Waals surface area contributed by atoms with Crippen molar-refractivity contribution in [1.82, 2.24) is 9.03 Å². The van der Waals surface area contributed by atoms with Crippen molar-refractivity contribution >= 4 is 31.4 Å². The van der Waals surface area contributed by atoms with Crippen LogP contribution in [0.4, 0.5) is 0 Å². The second-order valence-corrected chi connectivity index (χ2v) is 10.5. The molecular formula is C16H20N2O5S3. The van der Waals surface area contributed by atoms with E-state index in [4.69, 9.17) is 4.74 Å². The third-order valence-electron chi connectivity index (χ3n) is 4.04. The van der Waals surface area contributed by atoms with E-state index in [0.29, 0.717) is 26.3 Å². The number of morpholine rings is 1. The smallest absolute Gasteiger partial charge is 0.243 e. The van der Waals surface area contributed by atoms with Crippen molar-refractivity contribution in [3.05, 3.63) is 46.7 Å². The van der Waals surface area contributed by atoms with Gasteiger partial charge in [0.25, 0.3) is 0 Å². The maximum absolute atomic E-state index is 12.6. The lowest BCUT2D eigenvalue weighted by Gasteiger charge is -2.26. The maximum Gasteiger partial charge on any atom is 0.243 e. The summed E-state index contributed by atoms with van der Waals surface area (Å²) in [5, 5.41) is 1.88. The van der Waals surface area contributed by atoms with Crippen LogP contribution in [0, 0.1) is 0 Å². The van der Waals surface area contributed by atoms with Crippen molar-refractivity contribution in [2.45, 2.75) is 22.8 Å². The Balaban J connectivity index is 1.78. The van der Waals surface area contributed by atoms with Gasteiger partial charge in [0.05, 0.1) is 29.0 Å². The molecule has 1 unspecified atom stereocenters. The Hall–Kier alpha value is -1.30. The van der Waals surface area contributed by atoms with Gasteiger partial charge in [0.2, 0.25) is 20.0 Å². The van der Waals surface area contributed by atoms with Crippen molar-refractivity contribution in [2.75, 3.05) is 26.3 Å². The number of benzene rings is 1. The van der Waals surface area contributed by atoms with Crippen LogP contribution in [0.1, 0.15) is 17.8 Å². The largest absolute Gasteiger partial charge is 0.379 e. The number of sulfonamides is 2. The van der Waals surface area contributed by atoms with Crippen molar-refractivity contribution in [3.63, 3.8) is 0 Å². The fourth-order valence-electron chi connectivity index (χ4n) is 2.62. The molecule has 0 radical (unpaired) electrons. The van der Waals surface area contributed by atoms with Gasteiger partial charge in [-0.15, -0.1) is 11.3 Å². The third-order valence-corrected chi connectivity index (χ3v) is 8.57. The van der Waals surface area contributed by atoms with E-state index < -0.39 is 20.0 Å². The summed E-state index contributed by atoms with van der Waals surface area (Å²) >= 11 is 1.47. The van der Waals surface area contributed by atoms with Gasteiger partial charge in [0.15, 0.2) is 0 Å². The third kappa shape index (κ3) is 4.16. The summed E-state index contributed by atoms with van der Waals surface area (Å²) in [6, 6.07) is 8.64. The molecule has 1 atom stereocenters. The highest BCUT2D eigenvalue weighted by Gasteiger charge is 2.27. The van der Waals surface area contributed by atoms with Crippen LogP contribution >= 0.6 is 11.3 Å². The molecule has 1 aromatic carbocycles. The quantitative estimate of drug-likeness (QED) is 0.775. The van der Waals surface area contributed by atoms with Gasteiger partial charge < -0.3 is 4.74 Å². The summed E-state index contributed by atoms with van der Waals surface area (Å²) in [4.78, 5) is 1.01. The topological polar surface area (TPSA) is 92.8 Å². The van der Waals surface area contributed by atoms with Crippen molar-refractivity contribution < 1.29 is 21.6 Å². The average molecular weight is 417 g/mol. The number of nitrogens with zero attached hydrogens (tertiary/aromatic N) is 1. The van der Waals surface area contributed by atoms with E-state index in [1.807, 2.05) is 17.5 Å². The molecule has 1 N–H and O–H groups in total.